The van der Waals surface area contributed by atoms with E-state index in [2.05, 4.69) is 19.9 Å². The van der Waals surface area contributed by atoms with Crippen molar-refractivity contribution in [2.24, 2.45) is 0 Å². The lowest BCUT2D eigenvalue weighted by atomic mass is 10.1. The number of hydroxylamine groups is 2. The van der Waals surface area contributed by atoms with Gasteiger partial charge in [0.2, 0.25) is 5.91 Å². The molecule has 0 aliphatic heterocycles. The molecule has 0 saturated carbocycles. The summed E-state index contributed by atoms with van der Waals surface area (Å²) in [4.78, 5) is 16.0. The Morgan fingerprint density at radius 3 is 2.50 bits per heavy atom. The van der Waals surface area contributed by atoms with E-state index in [1.165, 1.54) is 17.7 Å². The highest BCUT2D eigenvalue weighted by atomic mass is 16.7. The van der Waals surface area contributed by atoms with Gasteiger partial charge < -0.3 is 0 Å². The molecule has 0 heterocycles. The molecule has 0 bridgehead atoms. The Hall–Kier alpha value is -0.830. The van der Waals surface area contributed by atoms with Crippen LogP contribution in [-0.2, 0) is 9.63 Å². The number of rotatable bonds is 6. The molecule has 14 heavy (non-hydrogen) atoms. The molecule has 0 fully saturated rings. The number of unbranched alkanes of at least 4 members (excludes halogenated alkanes) is 2. The van der Waals surface area contributed by atoms with Crippen LogP contribution in [0, 0.1) is 0 Å². The first kappa shape index (κ1) is 13.2. The zero-order valence-electron chi connectivity index (χ0n) is 9.67. The Morgan fingerprint density at radius 2 is 2.00 bits per heavy atom. The van der Waals surface area contributed by atoms with Gasteiger partial charge in [0, 0.05) is 13.5 Å². The highest BCUT2D eigenvalue weighted by molar-refractivity contribution is 5.74. The number of hydrogen-bond acceptors (Lipinski definition) is 2. The fraction of sp³-hybridized carbons (Fsp3) is 0.727. The molecule has 0 N–H and O–H groups in total. The predicted molar refractivity (Wildman–Crippen MR) is 57.7 cm³/mol. The molecule has 0 rings (SSSR count). The molecule has 0 aromatic heterocycles. The largest absolute Gasteiger partial charge is 0.275 e. The molecule has 0 saturated heterocycles. The van der Waals surface area contributed by atoms with Gasteiger partial charge in [-0.1, -0.05) is 11.6 Å². The smallest absolute Gasteiger partial charge is 0.245 e. The summed E-state index contributed by atoms with van der Waals surface area (Å²) in [6, 6.07) is 0. The number of amides is 1. The molecule has 0 aromatic carbocycles. The van der Waals surface area contributed by atoms with Gasteiger partial charge in [0.25, 0.3) is 0 Å². The fourth-order valence-corrected chi connectivity index (χ4v) is 1.07. The topological polar surface area (TPSA) is 29.5 Å². The van der Waals surface area contributed by atoms with Crippen molar-refractivity contribution in [2.75, 3.05) is 14.2 Å². The number of allylic oxidation sites excluding steroid dienone is 2. The second-order valence-electron chi connectivity index (χ2n) is 3.60. The molecule has 1 amide bonds. The van der Waals surface area contributed by atoms with E-state index in [0.717, 1.165) is 19.3 Å². The Balaban J connectivity index is 3.45. The van der Waals surface area contributed by atoms with Gasteiger partial charge in [-0.2, -0.15) is 0 Å². The minimum absolute atomic E-state index is 0.0460. The summed E-state index contributed by atoms with van der Waals surface area (Å²) in [5.41, 5.74) is 1.34. The molecule has 3 heteroatoms. The van der Waals surface area contributed by atoms with Crippen molar-refractivity contribution in [3.63, 3.8) is 0 Å². The van der Waals surface area contributed by atoms with Crippen molar-refractivity contribution in [2.45, 2.75) is 39.5 Å². The molecule has 0 spiro atoms. The second kappa shape index (κ2) is 7.56. The van der Waals surface area contributed by atoms with Crippen molar-refractivity contribution < 1.29 is 9.63 Å². The highest BCUT2D eigenvalue weighted by Gasteiger charge is 2.05. The first-order chi connectivity index (χ1) is 6.57. The van der Waals surface area contributed by atoms with Crippen LogP contribution in [-0.4, -0.2) is 25.1 Å². The summed E-state index contributed by atoms with van der Waals surface area (Å²) in [7, 11) is 3.14. The van der Waals surface area contributed by atoms with Crippen molar-refractivity contribution >= 4 is 5.91 Å². The third-order valence-corrected chi connectivity index (χ3v) is 2.02. The van der Waals surface area contributed by atoms with Gasteiger partial charge in [0.1, 0.15) is 0 Å². The summed E-state index contributed by atoms with van der Waals surface area (Å²) >= 11 is 0. The number of hydrogen-bond donors (Lipinski definition) is 0. The Morgan fingerprint density at radius 1 is 1.36 bits per heavy atom. The van der Waals surface area contributed by atoms with Crippen LogP contribution in [0.5, 0.6) is 0 Å². The maximum Gasteiger partial charge on any atom is 0.245 e. The summed E-state index contributed by atoms with van der Waals surface area (Å²) < 4.78 is 0. The van der Waals surface area contributed by atoms with E-state index in [-0.39, 0.29) is 5.91 Å². The summed E-state index contributed by atoms with van der Waals surface area (Å²) in [5, 5.41) is 1.28. The average Bonchev–Trinajstić information content (AvgIpc) is 2.15. The van der Waals surface area contributed by atoms with Crippen LogP contribution in [0.2, 0.25) is 0 Å². The van der Waals surface area contributed by atoms with Crippen LogP contribution in [0.15, 0.2) is 11.6 Å². The third-order valence-electron chi connectivity index (χ3n) is 2.02. The van der Waals surface area contributed by atoms with E-state index < -0.39 is 0 Å². The molecule has 0 aromatic rings. The van der Waals surface area contributed by atoms with Crippen LogP contribution in [0.1, 0.15) is 39.5 Å². The van der Waals surface area contributed by atoms with Gasteiger partial charge >= 0.3 is 0 Å². The fourth-order valence-electron chi connectivity index (χ4n) is 1.07. The van der Waals surface area contributed by atoms with Gasteiger partial charge in [-0.3, -0.25) is 9.63 Å². The van der Waals surface area contributed by atoms with E-state index in [4.69, 9.17) is 4.84 Å². The maximum absolute atomic E-state index is 11.3. The first-order valence-electron chi connectivity index (χ1n) is 5.02. The minimum Gasteiger partial charge on any atom is -0.275 e. The molecule has 0 aliphatic carbocycles. The summed E-state index contributed by atoms with van der Waals surface area (Å²) in [5.74, 6) is 0.0460. The SMILES string of the molecule is CON(C)C(=O)CCCCC=C(C)C. The van der Waals surface area contributed by atoms with Gasteiger partial charge in [-0.25, -0.2) is 5.06 Å². The van der Waals surface area contributed by atoms with Crippen LogP contribution in [0.4, 0.5) is 0 Å². The Kier molecular flexibility index (Phi) is 7.11. The van der Waals surface area contributed by atoms with Crippen molar-refractivity contribution in [1.29, 1.82) is 0 Å². The Bertz CT molecular complexity index is 195. The van der Waals surface area contributed by atoms with E-state index in [0.29, 0.717) is 6.42 Å². The number of carbonyl (C=O) groups is 1. The molecule has 0 radical (unpaired) electrons. The van der Waals surface area contributed by atoms with E-state index >= 15 is 0 Å². The number of carbonyl (C=O) groups excluding carboxylic acids is 1. The molecule has 0 aliphatic rings. The second-order valence-corrected chi connectivity index (χ2v) is 3.60. The highest BCUT2D eigenvalue weighted by Crippen LogP contribution is 2.04. The lowest BCUT2D eigenvalue weighted by Gasteiger charge is -2.12. The minimum atomic E-state index is 0.0460. The lowest BCUT2D eigenvalue weighted by Crippen LogP contribution is -2.24. The molecular weight excluding hydrogens is 178 g/mol. The van der Waals surface area contributed by atoms with Crippen molar-refractivity contribution in [1.82, 2.24) is 5.06 Å². The number of nitrogens with zero attached hydrogens (tertiary/aromatic N) is 1. The van der Waals surface area contributed by atoms with Crippen LogP contribution >= 0.6 is 0 Å². The quantitative estimate of drug-likeness (QED) is 0.374. The predicted octanol–water partition coefficient (Wildman–Crippen LogP) is 2.53. The normalized spacial score (nSPS) is 9.71. The molecule has 82 valence electrons. The summed E-state index contributed by atoms with van der Waals surface area (Å²) in [6.45, 7) is 4.17. The Labute approximate surface area is 86.7 Å². The molecule has 0 atom stereocenters. The zero-order valence-corrected chi connectivity index (χ0v) is 9.67. The first-order valence-corrected chi connectivity index (χ1v) is 5.02. The van der Waals surface area contributed by atoms with E-state index in [1.54, 1.807) is 7.05 Å². The van der Waals surface area contributed by atoms with Gasteiger partial charge in [0.15, 0.2) is 0 Å². The average molecular weight is 199 g/mol. The maximum atomic E-state index is 11.3. The van der Waals surface area contributed by atoms with Crippen molar-refractivity contribution in [3.05, 3.63) is 11.6 Å². The van der Waals surface area contributed by atoms with E-state index in [9.17, 15) is 4.79 Å². The third kappa shape index (κ3) is 6.66. The zero-order chi connectivity index (χ0) is 11.0. The molecule has 0 unspecified atom stereocenters. The van der Waals surface area contributed by atoms with Gasteiger partial charge in [0.05, 0.1) is 7.11 Å². The van der Waals surface area contributed by atoms with E-state index in [1.807, 2.05) is 0 Å². The van der Waals surface area contributed by atoms with Crippen LogP contribution in [0.25, 0.3) is 0 Å². The molecular formula is C11H21NO2. The van der Waals surface area contributed by atoms with Crippen molar-refractivity contribution in [3.8, 4) is 0 Å². The van der Waals surface area contributed by atoms with Gasteiger partial charge in [-0.05, 0) is 33.1 Å². The lowest BCUT2D eigenvalue weighted by molar-refractivity contribution is -0.168. The standard InChI is InChI=1S/C11H21NO2/c1-10(2)8-6-5-7-9-11(13)12(3)14-4/h8H,5-7,9H2,1-4H3. The summed E-state index contributed by atoms with van der Waals surface area (Å²) in [6.07, 6.45) is 5.82. The van der Waals surface area contributed by atoms with Gasteiger partial charge in [-0.15, -0.1) is 0 Å². The van der Waals surface area contributed by atoms with Crippen LogP contribution in [0.3, 0.4) is 0 Å². The van der Waals surface area contributed by atoms with Crippen LogP contribution < -0.4 is 0 Å². The molecule has 3 nitrogen and oxygen atoms in total. The monoisotopic (exact) mass is 199 g/mol.